The number of carbonyl (C=O) groups excluding carboxylic acids is 1. The Labute approximate surface area is 160 Å². The maximum atomic E-state index is 12.3. The third-order valence-corrected chi connectivity index (χ3v) is 4.56. The molecule has 1 amide bonds. The molecule has 27 heavy (non-hydrogen) atoms. The van der Waals surface area contributed by atoms with Gasteiger partial charge in [0.2, 0.25) is 5.91 Å². The van der Waals surface area contributed by atoms with E-state index in [9.17, 15) is 4.79 Å². The Balaban J connectivity index is 0.000000817. The number of rotatable bonds is 4. The van der Waals surface area contributed by atoms with Gasteiger partial charge in [-0.1, -0.05) is 54.6 Å². The molecule has 1 fully saturated rings. The summed E-state index contributed by atoms with van der Waals surface area (Å²) in [7, 11) is 0. The highest BCUT2D eigenvalue weighted by Crippen LogP contribution is 2.13. The Morgan fingerprint density at radius 1 is 1.00 bits per heavy atom. The minimum Gasteiger partial charge on any atom is -0.483 e. The van der Waals surface area contributed by atoms with E-state index in [-0.39, 0.29) is 12.4 Å². The maximum absolute atomic E-state index is 12.3. The van der Waals surface area contributed by atoms with Crippen LogP contribution in [0.2, 0.25) is 0 Å². The molecular weight excluding hydrogens is 340 g/mol. The van der Waals surface area contributed by atoms with Crippen molar-refractivity contribution < 1.29 is 14.7 Å². The molecule has 2 aromatic carbocycles. The lowest BCUT2D eigenvalue weighted by Gasteiger charge is -2.34. The number of hydrogen-bond donors (Lipinski definition) is 1. The van der Waals surface area contributed by atoms with E-state index in [2.05, 4.69) is 36.1 Å². The molecule has 0 aromatic heterocycles. The van der Waals surface area contributed by atoms with Crippen LogP contribution in [0.15, 0.2) is 60.7 Å². The molecule has 0 spiro atoms. The lowest BCUT2D eigenvalue weighted by molar-refractivity contribution is -0.127. The number of amides is 1. The molecule has 1 heterocycles. The van der Waals surface area contributed by atoms with E-state index in [1.807, 2.05) is 41.3 Å². The minimum atomic E-state index is -0.250. The van der Waals surface area contributed by atoms with Crippen LogP contribution in [-0.2, 0) is 16.1 Å². The predicted molar refractivity (Wildman–Crippen MR) is 107 cm³/mol. The predicted octanol–water partition coefficient (Wildman–Crippen LogP) is 3.05. The van der Waals surface area contributed by atoms with Gasteiger partial charge in [0.05, 0.1) is 0 Å². The van der Waals surface area contributed by atoms with E-state index < -0.39 is 0 Å². The van der Waals surface area contributed by atoms with E-state index in [0.29, 0.717) is 0 Å². The summed E-state index contributed by atoms with van der Waals surface area (Å²) in [5.41, 5.74) is 3.77. The minimum absolute atomic E-state index is 0.106. The van der Waals surface area contributed by atoms with Crippen LogP contribution in [0, 0.1) is 6.92 Å². The Morgan fingerprint density at radius 3 is 2.22 bits per heavy atom. The Bertz CT molecular complexity index is 751. The van der Waals surface area contributed by atoms with Crippen LogP contribution in [0.4, 0.5) is 0 Å². The maximum Gasteiger partial charge on any atom is 0.290 e. The summed E-state index contributed by atoms with van der Waals surface area (Å²) < 4.78 is 0. The van der Waals surface area contributed by atoms with Crippen molar-refractivity contribution in [3.05, 3.63) is 77.4 Å². The van der Waals surface area contributed by atoms with E-state index in [0.717, 1.165) is 38.3 Å². The van der Waals surface area contributed by atoms with Crippen LogP contribution < -0.4 is 0 Å². The molecule has 2 aromatic rings. The van der Waals surface area contributed by atoms with Gasteiger partial charge in [-0.15, -0.1) is 0 Å². The second kappa shape index (κ2) is 10.9. The average Bonchev–Trinajstić information content (AvgIpc) is 2.70. The van der Waals surface area contributed by atoms with E-state index in [1.54, 1.807) is 6.08 Å². The van der Waals surface area contributed by atoms with Crippen LogP contribution in [-0.4, -0.2) is 53.5 Å². The number of aryl methyl sites for hydroxylation is 1. The summed E-state index contributed by atoms with van der Waals surface area (Å²) in [6.45, 7) is 6.32. The summed E-state index contributed by atoms with van der Waals surface area (Å²) in [5, 5.41) is 6.89. The Kier molecular flexibility index (Phi) is 8.26. The molecule has 142 valence electrons. The van der Waals surface area contributed by atoms with Gasteiger partial charge < -0.3 is 10.0 Å². The third kappa shape index (κ3) is 6.72. The van der Waals surface area contributed by atoms with Crippen LogP contribution in [0.3, 0.4) is 0 Å². The van der Waals surface area contributed by atoms with E-state index in [1.165, 1.54) is 11.1 Å². The molecule has 1 aliphatic heterocycles. The van der Waals surface area contributed by atoms with Crippen molar-refractivity contribution >= 4 is 18.5 Å². The zero-order chi connectivity index (χ0) is 19.5. The Hall–Kier alpha value is -2.92. The molecule has 0 saturated carbocycles. The van der Waals surface area contributed by atoms with E-state index in [4.69, 9.17) is 9.90 Å². The molecule has 3 rings (SSSR count). The summed E-state index contributed by atoms with van der Waals surface area (Å²) in [6, 6.07) is 18.5. The first-order valence-electron chi connectivity index (χ1n) is 9.01. The molecule has 0 atom stereocenters. The summed E-state index contributed by atoms with van der Waals surface area (Å²) >= 11 is 0. The topological polar surface area (TPSA) is 60.9 Å². The second-order valence-corrected chi connectivity index (χ2v) is 6.38. The smallest absolute Gasteiger partial charge is 0.290 e. The van der Waals surface area contributed by atoms with Crippen LogP contribution >= 0.6 is 0 Å². The van der Waals surface area contributed by atoms with Gasteiger partial charge in [-0.05, 0) is 29.7 Å². The fourth-order valence-electron chi connectivity index (χ4n) is 2.99. The van der Waals surface area contributed by atoms with Crippen LogP contribution in [0.5, 0.6) is 0 Å². The quantitative estimate of drug-likeness (QED) is 0.667. The van der Waals surface area contributed by atoms with Gasteiger partial charge in [-0.3, -0.25) is 14.5 Å². The molecule has 5 nitrogen and oxygen atoms in total. The summed E-state index contributed by atoms with van der Waals surface area (Å²) in [4.78, 5) is 25.0. The van der Waals surface area contributed by atoms with Crippen molar-refractivity contribution in [1.82, 2.24) is 9.80 Å². The molecule has 0 unspecified atom stereocenters. The monoisotopic (exact) mass is 366 g/mol. The zero-order valence-corrected chi connectivity index (χ0v) is 15.6. The van der Waals surface area contributed by atoms with Gasteiger partial charge in [0.1, 0.15) is 0 Å². The molecule has 0 aliphatic carbocycles. The number of carboxylic acid groups (broad SMARTS) is 1. The van der Waals surface area contributed by atoms with Gasteiger partial charge in [-0.25, -0.2) is 0 Å². The van der Waals surface area contributed by atoms with Crippen molar-refractivity contribution in [1.29, 1.82) is 0 Å². The fourth-order valence-corrected chi connectivity index (χ4v) is 2.99. The first-order valence-corrected chi connectivity index (χ1v) is 9.01. The summed E-state index contributed by atoms with van der Waals surface area (Å²) in [5.74, 6) is 0.106. The van der Waals surface area contributed by atoms with Gasteiger partial charge in [0.25, 0.3) is 6.47 Å². The molecule has 0 radical (unpaired) electrons. The average molecular weight is 366 g/mol. The highest BCUT2D eigenvalue weighted by Gasteiger charge is 2.19. The lowest BCUT2D eigenvalue weighted by atomic mass is 10.1. The van der Waals surface area contributed by atoms with Crippen LogP contribution in [0.1, 0.15) is 16.7 Å². The van der Waals surface area contributed by atoms with Crippen LogP contribution in [0.25, 0.3) is 6.08 Å². The number of hydrogen-bond acceptors (Lipinski definition) is 3. The normalized spacial score (nSPS) is 14.5. The van der Waals surface area contributed by atoms with Crippen molar-refractivity contribution in [3.63, 3.8) is 0 Å². The summed E-state index contributed by atoms with van der Waals surface area (Å²) in [6.07, 6.45) is 3.58. The van der Waals surface area contributed by atoms with Gasteiger partial charge in [0, 0.05) is 38.8 Å². The van der Waals surface area contributed by atoms with Crippen molar-refractivity contribution in [2.75, 3.05) is 26.2 Å². The highest BCUT2D eigenvalue weighted by molar-refractivity contribution is 5.91. The lowest BCUT2D eigenvalue weighted by Crippen LogP contribution is -2.47. The molecule has 1 saturated heterocycles. The first-order chi connectivity index (χ1) is 13.1. The third-order valence-electron chi connectivity index (χ3n) is 4.56. The standard InChI is InChI=1S/C21H24N2O.CH2O2/c1-18-7-5-6-10-20(18)17-22-13-15-23(16-14-22)21(24)12-11-19-8-3-2-4-9-19;2-1-3/h2-12H,13-17H2,1H3;1H,(H,2,3)/b12-11+;. The second-order valence-electron chi connectivity index (χ2n) is 6.38. The zero-order valence-electron chi connectivity index (χ0n) is 15.6. The highest BCUT2D eigenvalue weighted by atomic mass is 16.3. The van der Waals surface area contributed by atoms with Crippen molar-refractivity contribution in [3.8, 4) is 0 Å². The molecule has 1 aliphatic rings. The van der Waals surface area contributed by atoms with Gasteiger partial charge >= 0.3 is 0 Å². The van der Waals surface area contributed by atoms with Crippen molar-refractivity contribution in [2.45, 2.75) is 13.5 Å². The first kappa shape index (κ1) is 20.4. The molecule has 0 bridgehead atoms. The van der Waals surface area contributed by atoms with Gasteiger partial charge in [-0.2, -0.15) is 0 Å². The number of benzene rings is 2. The number of nitrogens with zero attached hydrogens (tertiary/aromatic N) is 2. The SMILES string of the molecule is Cc1ccccc1CN1CCN(C(=O)/C=C/c2ccccc2)CC1.O=CO. The molecule has 1 N–H and O–H groups in total. The van der Waals surface area contributed by atoms with Gasteiger partial charge in [0.15, 0.2) is 0 Å². The molecular formula is C22H26N2O3. The van der Waals surface area contributed by atoms with E-state index >= 15 is 0 Å². The largest absolute Gasteiger partial charge is 0.483 e. The number of piperazine rings is 1. The fraction of sp³-hybridized carbons (Fsp3) is 0.273. The number of carbonyl (C=O) groups is 2. The Morgan fingerprint density at radius 2 is 1.59 bits per heavy atom. The van der Waals surface area contributed by atoms with Crippen molar-refractivity contribution in [2.24, 2.45) is 0 Å². The molecule has 5 heteroatoms.